The Morgan fingerprint density at radius 2 is 0.963 bits per heavy atom. The third-order valence-electron chi connectivity index (χ3n) is 3.40. The number of aliphatic carboxylic acids is 4. The summed E-state index contributed by atoms with van der Waals surface area (Å²) < 4.78 is 5.83. The highest BCUT2D eigenvalue weighted by atomic mass is 28.4. The van der Waals surface area contributed by atoms with Crippen LogP contribution in [0.3, 0.4) is 0 Å². The number of carboxylic acids is 4. The van der Waals surface area contributed by atoms with E-state index in [4.69, 9.17) is 24.5 Å². The lowest BCUT2D eigenvalue weighted by Crippen LogP contribution is -2.37. The number of carbonyl (C=O) groups is 4. The van der Waals surface area contributed by atoms with E-state index >= 15 is 0 Å². The lowest BCUT2D eigenvalue weighted by atomic mass is 10.4. The minimum Gasteiger partial charge on any atom is -0.478 e. The van der Waals surface area contributed by atoms with Gasteiger partial charge in [0.2, 0.25) is 0 Å². The van der Waals surface area contributed by atoms with Gasteiger partial charge in [0.25, 0.3) is 8.32 Å². The summed E-state index contributed by atoms with van der Waals surface area (Å²) in [6.45, 7) is 5.20. The van der Waals surface area contributed by atoms with E-state index in [0.717, 1.165) is 0 Å². The number of hydrogen-bond donors (Lipinski definition) is 4. The normalized spacial score (nSPS) is 16.3. The molecule has 4 N–H and O–H groups in total. The van der Waals surface area contributed by atoms with Gasteiger partial charge >= 0.3 is 23.9 Å². The van der Waals surface area contributed by atoms with Crippen molar-refractivity contribution in [1.29, 1.82) is 0 Å². The van der Waals surface area contributed by atoms with E-state index in [1.807, 2.05) is 0 Å². The molecule has 0 radical (unpaired) electrons. The lowest BCUT2D eigenvalue weighted by molar-refractivity contribution is -0.133. The Balaban J connectivity index is 6.47. The van der Waals surface area contributed by atoms with Gasteiger partial charge in [-0.2, -0.15) is 0 Å². The molecule has 0 aromatic rings. The first-order chi connectivity index (χ1) is 12.3. The largest absolute Gasteiger partial charge is 0.478 e. The van der Waals surface area contributed by atoms with Gasteiger partial charge in [-0.15, -0.1) is 0 Å². The van der Waals surface area contributed by atoms with Gasteiger partial charge in [0.05, 0.1) is 0 Å². The van der Waals surface area contributed by atoms with Crippen molar-refractivity contribution in [1.82, 2.24) is 0 Å². The second-order valence-electron chi connectivity index (χ2n) is 5.75. The van der Waals surface area contributed by atoms with Gasteiger partial charge in [-0.25, -0.2) is 19.2 Å². The summed E-state index contributed by atoms with van der Waals surface area (Å²) in [5.74, 6) is -4.95. The molecule has 0 aliphatic carbocycles. The SMILES string of the molecule is CC(=C[SiH2]O[Si](C=C(C)C(=O)O)(C=C(C)C(=O)O)C=C(C)C(=O)O)C(=O)O. The maximum Gasteiger partial charge on any atom is 0.330 e. The van der Waals surface area contributed by atoms with Crippen LogP contribution in [-0.2, 0) is 23.3 Å². The summed E-state index contributed by atoms with van der Waals surface area (Å²) >= 11 is 0. The van der Waals surface area contributed by atoms with Crippen LogP contribution in [0.2, 0.25) is 0 Å². The second kappa shape index (κ2) is 10.4. The predicted molar refractivity (Wildman–Crippen MR) is 101 cm³/mol. The van der Waals surface area contributed by atoms with Crippen LogP contribution in [0.25, 0.3) is 0 Å². The molecule has 0 spiro atoms. The van der Waals surface area contributed by atoms with Crippen LogP contribution in [0.1, 0.15) is 27.7 Å². The highest BCUT2D eigenvalue weighted by molar-refractivity contribution is 6.91. The van der Waals surface area contributed by atoms with Crippen molar-refractivity contribution >= 4 is 42.0 Å². The van der Waals surface area contributed by atoms with E-state index < -0.39 is 42.0 Å². The smallest absolute Gasteiger partial charge is 0.330 e. The second-order valence-corrected chi connectivity index (χ2v) is 10.2. The molecule has 0 saturated heterocycles. The summed E-state index contributed by atoms with van der Waals surface area (Å²) in [7, 11) is -5.26. The van der Waals surface area contributed by atoms with E-state index in [9.17, 15) is 19.2 Å². The highest BCUT2D eigenvalue weighted by Crippen LogP contribution is 2.19. The summed E-state index contributed by atoms with van der Waals surface area (Å²) in [6, 6.07) is 0. The van der Waals surface area contributed by atoms with E-state index in [1.165, 1.54) is 50.5 Å². The van der Waals surface area contributed by atoms with Gasteiger partial charge < -0.3 is 24.5 Å². The van der Waals surface area contributed by atoms with Gasteiger partial charge in [-0.3, -0.25) is 0 Å². The molecule has 9 nitrogen and oxygen atoms in total. The Morgan fingerprint density at radius 1 is 0.667 bits per heavy atom. The average Bonchev–Trinajstić information content (AvgIpc) is 2.53. The first-order valence-corrected chi connectivity index (χ1v) is 11.2. The molecule has 0 rings (SSSR count). The highest BCUT2D eigenvalue weighted by Gasteiger charge is 2.31. The van der Waals surface area contributed by atoms with Crippen LogP contribution in [0.4, 0.5) is 0 Å². The first-order valence-electron chi connectivity index (χ1n) is 7.63. The van der Waals surface area contributed by atoms with Crippen molar-refractivity contribution in [3.63, 3.8) is 0 Å². The molecule has 0 aliphatic rings. The van der Waals surface area contributed by atoms with Gasteiger partial charge in [0.15, 0.2) is 9.76 Å². The van der Waals surface area contributed by atoms with Crippen LogP contribution in [0, 0.1) is 0 Å². The van der Waals surface area contributed by atoms with Crippen LogP contribution in [0.15, 0.2) is 45.1 Å². The molecule has 0 bridgehead atoms. The molecule has 27 heavy (non-hydrogen) atoms. The molecule has 0 atom stereocenters. The topological polar surface area (TPSA) is 158 Å². The number of carboxylic acid groups (broad SMARTS) is 4. The lowest BCUT2D eigenvalue weighted by Gasteiger charge is -2.23. The monoisotopic (exact) mass is 414 g/mol. The molecule has 0 aromatic carbocycles. The zero-order valence-electron chi connectivity index (χ0n) is 15.3. The van der Waals surface area contributed by atoms with Crippen LogP contribution in [0.5, 0.6) is 0 Å². The first kappa shape index (κ1) is 24.2. The molecule has 0 fully saturated rings. The van der Waals surface area contributed by atoms with Crippen LogP contribution in [-0.4, -0.2) is 62.4 Å². The van der Waals surface area contributed by atoms with Gasteiger partial charge in [0.1, 0.15) is 0 Å². The van der Waals surface area contributed by atoms with E-state index in [1.54, 1.807) is 0 Å². The fourth-order valence-corrected chi connectivity index (χ4v) is 7.41. The number of hydrogen-bond acceptors (Lipinski definition) is 5. The third-order valence-corrected chi connectivity index (χ3v) is 9.50. The van der Waals surface area contributed by atoms with Crippen LogP contribution >= 0.6 is 0 Å². The average molecular weight is 415 g/mol. The predicted octanol–water partition coefficient (Wildman–Crippen LogP) is 0.731. The maximum absolute atomic E-state index is 11.2. The van der Waals surface area contributed by atoms with Gasteiger partial charge in [-0.1, -0.05) is 22.8 Å². The molecule has 148 valence electrons. The Bertz CT molecular complexity index is 686. The molecule has 0 aromatic heterocycles. The Morgan fingerprint density at radius 3 is 1.22 bits per heavy atom. The van der Waals surface area contributed by atoms with Crippen LogP contribution < -0.4 is 0 Å². The minimum absolute atomic E-state index is 0.0291. The standard InChI is InChI=1S/C16H22O9Si2/c1-9(13(17)18)5-26-25-27(6-10(2)14(19)20,7-11(3)15(21)22)8-12(4)16(23)24/h5-8H,26H2,1-4H3,(H,17,18)(H,19,20)(H,21,22)(H,23,24). The van der Waals surface area contributed by atoms with Crippen molar-refractivity contribution in [2.45, 2.75) is 27.7 Å². The molecule has 0 amide bonds. The summed E-state index contributed by atoms with van der Waals surface area (Å²) in [6.07, 6.45) is 0. The fourth-order valence-electron chi connectivity index (χ4n) is 1.85. The van der Waals surface area contributed by atoms with E-state index in [-0.39, 0.29) is 22.3 Å². The zero-order valence-corrected chi connectivity index (χ0v) is 17.8. The molecule has 11 heteroatoms. The molecule has 0 unspecified atom stereocenters. The van der Waals surface area contributed by atoms with Crippen molar-refractivity contribution in [2.75, 3.05) is 0 Å². The summed E-state index contributed by atoms with van der Waals surface area (Å²) in [4.78, 5) is 44.6. The Kier molecular flexibility index (Phi) is 9.33. The molecular formula is C16H22O9Si2. The fraction of sp³-hybridized carbons (Fsp3) is 0.250. The van der Waals surface area contributed by atoms with E-state index in [2.05, 4.69) is 0 Å². The van der Waals surface area contributed by atoms with E-state index in [0.29, 0.717) is 0 Å². The third kappa shape index (κ3) is 8.44. The molecular weight excluding hydrogens is 392 g/mol. The van der Waals surface area contributed by atoms with Gasteiger partial charge in [0, 0.05) is 22.3 Å². The number of rotatable bonds is 10. The molecule has 0 heterocycles. The van der Waals surface area contributed by atoms with Gasteiger partial charge in [-0.05, 0) is 27.7 Å². The van der Waals surface area contributed by atoms with Crippen molar-refractivity contribution in [2.24, 2.45) is 0 Å². The minimum atomic E-state index is -3.58. The molecule has 0 aliphatic heterocycles. The van der Waals surface area contributed by atoms with Crippen molar-refractivity contribution in [3.05, 3.63) is 45.1 Å². The molecule has 0 saturated carbocycles. The quantitative estimate of drug-likeness (QED) is 0.298. The maximum atomic E-state index is 11.2. The van der Waals surface area contributed by atoms with Crippen molar-refractivity contribution in [3.8, 4) is 0 Å². The summed E-state index contributed by atoms with van der Waals surface area (Å²) in [5.41, 5.74) is 4.65. The Hall–Kier alpha value is -2.77. The van der Waals surface area contributed by atoms with Crippen molar-refractivity contribution < 1.29 is 43.7 Å². The Labute approximate surface area is 159 Å². The zero-order chi connectivity index (χ0) is 21.4. The summed E-state index contributed by atoms with van der Waals surface area (Å²) in [5, 5.41) is 36.4.